The number of aliphatic carboxylic acids is 1. The lowest BCUT2D eigenvalue weighted by Crippen LogP contribution is -2.43. The van der Waals surface area contributed by atoms with Crippen LogP contribution in [-0.4, -0.2) is 22.7 Å². The first-order valence-corrected chi connectivity index (χ1v) is 6.53. The van der Waals surface area contributed by atoms with Gasteiger partial charge in [0.25, 0.3) is 0 Å². The molecule has 0 aliphatic carbocycles. The lowest BCUT2D eigenvalue weighted by Gasteiger charge is -2.34. The van der Waals surface area contributed by atoms with Crippen LogP contribution in [0.1, 0.15) is 11.1 Å². The molecule has 0 saturated carbocycles. The molecule has 0 amide bonds. The quantitative estimate of drug-likeness (QED) is 0.929. The normalized spacial score (nSPS) is 20.8. The van der Waals surface area contributed by atoms with Crippen LogP contribution < -0.4 is 4.74 Å². The van der Waals surface area contributed by atoms with Crippen molar-refractivity contribution in [3.8, 4) is 5.75 Å². The fourth-order valence-electron chi connectivity index (χ4n) is 2.64. The summed E-state index contributed by atoms with van der Waals surface area (Å²) in [5.74, 6) is -0.0251. The second-order valence-electron chi connectivity index (χ2n) is 5.19. The summed E-state index contributed by atoms with van der Waals surface area (Å²) >= 11 is 0. The maximum Gasteiger partial charge on any atom is 0.313 e. The van der Waals surface area contributed by atoms with Crippen molar-refractivity contribution in [3.05, 3.63) is 59.9 Å². The number of pyridine rings is 1. The Kier molecular flexibility index (Phi) is 3.14. The molecule has 20 heavy (non-hydrogen) atoms. The fourth-order valence-corrected chi connectivity index (χ4v) is 2.64. The van der Waals surface area contributed by atoms with Crippen molar-refractivity contribution in [2.45, 2.75) is 12.8 Å². The van der Waals surface area contributed by atoms with E-state index < -0.39 is 11.4 Å². The van der Waals surface area contributed by atoms with Crippen LogP contribution in [0.2, 0.25) is 0 Å². The number of aromatic nitrogens is 1. The summed E-state index contributed by atoms with van der Waals surface area (Å²) in [6.45, 7) is 0.196. The summed E-state index contributed by atoms with van der Waals surface area (Å²) in [7, 11) is 0. The Morgan fingerprint density at radius 2 is 2.00 bits per heavy atom. The SMILES string of the molecule is O=C(O)C1(Cc2ccncc2)COc2ccccc2C1. The van der Waals surface area contributed by atoms with E-state index in [2.05, 4.69) is 4.98 Å². The Labute approximate surface area is 117 Å². The van der Waals surface area contributed by atoms with E-state index >= 15 is 0 Å². The number of carbonyl (C=O) groups is 1. The van der Waals surface area contributed by atoms with Crippen molar-refractivity contribution >= 4 is 5.97 Å². The number of carboxylic acids is 1. The zero-order chi connectivity index (χ0) is 14.0. The predicted molar refractivity (Wildman–Crippen MR) is 73.7 cm³/mol. The van der Waals surface area contributed by atoms with Crippen molar-refractivity contribution in [3.63, 3.8) is 0 Å². The van der Waals surface area contributed by atoms with Gasteiger partial charge < -0.3 is 9.84 Å². The minimum Gasteiger partial charge on any atom is -0.492 e. The number of hydrogen-bond acceptors (Lipinski definition) is 3. The van der Waals surface area contributed by atoms with Crippen molar-refractivity contribution in [1.82, 2.24) is 4.98 Å². The number of fused-ring (bicyclic) bond motifs is 1. The Morgan fingerprint density at radius 1 is 1.25 bits per heavy atom. The number of carboxylic acid groups (broad SMARTS) is 1. The molecule has 1 aromatic heterocycles. The van der Waals surface area contributed by atoms with Gasteiger partial charge in [0.05, 0.1) is 0 Å². The fraction of sp³-hybridized carbons (Fsp3) is 0.250. The average Bonchev–Trinajstić information content (AvgIpc) is 2.48. The summed E-state index contributed by atoms with van der Waals surface area (Å²) in [5, 5.41) is 9.68. The summed E-state index contributed by atoms with van der Waals surface area (Å²) in [6.07, 6.45) is 4.30. The van der Waals surface area contributed by atoms with Gasteiger partial charge in [-0.1, -0.05) is 18.2 Å². The van der Waals surface area contributed by atoms with Crippen LogP contribution >= 0.6 is 0 Å². The van der Waals surface area contributed by atoms with Gasteiger partial charge in [-0.3, -0.25) is 9.78 Å². The Balaban J connectivity index is 1.93. The Morgan fingerprint density at radius 3 is 2.75 bits per heavy atom. The molecule has 0 saturated heterocycles. The first-order chi connectivity index (χ1) is 9.70. The summed E-state index contributed by atoms with van der Waals surface area (Å²) in [5.41, 5.74) is 1.01. The highest BCUT2D eigenvalue weighted by molar-refractivity contribution is 5.76. The standard InChI is InChI=1S/C16H15NO3/c18-15(19)16(9-12-5-7-17-8-6-12)10-13-3-1-2-4-14(13)20-11-16/h1-8H,9-11H2,(H,18,19). The first kappa shape index (κ1) is 12.7. The number of nitrogens with zero attached hydrogens (tertiary/aromatic N) is 1. The number of para-hydroxylation sites is 1. The second-order valence-corrected chi connectivity index (χ2v) is 5.19. The van der Waals surface area contributed by atoms with Crippen LogP contribution in [0.15, 0.2) is 48.8 Å². The monoisotopic (exact) mass is 269 g/mol. The van der Waals surface area contributed by atoms with Gasteiger partial charge in [-0.15, -0.1) is 0 Å². The average molecular weight is 269 g/mol. The van der Waals surface area contributed by atoms with Crippen molar-refractivity contribution in [2.75, 3.05) is 6.61 Å². The topological polar surface area (TPSA) is 59.4 Å². The van der Waals surface area contributed by atoms with E-state index in [1.54, 1.807) is 12.4 Å². The van der Waals surface area contributed by atoms with E-state index in [1.807, 2.05) is 36.4 Å². The van der Waals surface area contributed by atoms with Crippen molar-refractivity contribution < 1.29 is 14.6 Å². The first-order valence-electron chi connectivity index (χ1n) is 6.53. The van der Waals surface area contributed by atoms with Crippen LogP contribution in [0.25, 0.3) is 0 Å². The highest BCUT2D eigenvalue weighted by Gasteiger charge is 2.43. The molecule has 3 rings (SSSR count). The number of benzene rings is 1. The number of rotatable bonds is 3. The lowest BCUT2D eigenvalue weighted by atomic mass is 9.76. The molecule has 0 bridgehead atoms. The van der Waals surface area contributed by atoms with E-state index in [4.69, 9.17) is 4.74 Å². The zero-order valence-corrected chi connectivity index (χ0v) is 11.0. The molecular weight excluding hydrogens is 254 g/mol. The van der Waals surface area contributed by atoms with E-state index in [0.717, 1.165) is 16.9 Å². The third-order valence-electron chi connectivity index (χ3n) is 3.75. The highest BCUT2D eigenvalue weighted by Crippen LogP contribution is 2.37. The van der Waals surface area contributed by atoms with Crippen molar-refractivity contribution in [2.24, 2.45) is 5.41 Å². The number of hydrogen-bond donors (Lipinski definition) is 1. The van der Waals surface area contributed by atoms with Crippen LogP contribution in [0.3, 0.4) is 0 Å². The molecule has 2 aromatic rings. The van der Waals surface area contributed by atoms with Gasteiger partial charge >= 0.3 is 5.97 Å². The van der Waals surface area contributed by atoms with Crippen LogP contribution in [0.5, 0.6) is 5.75 Å². The van der Waals surface area contributed by atoms with E-state index in [1.165, 1.54) is 0 Å². The molecule has 1 atom stereocenters. The smallest absolute Gasteiger partial charge is 0.313 e. The molecule has 1 unspecified atom stereocenters. The molecule has 1 aliphatic heterocycles. The Hall–Kier alpha value is -2.36. The van der Waals surface area contributed by atoms with Gasteiger partial charge in [0.1, 0.15) is 17.8 Å². The molecular formula is C16H15NO3. The van der Waals surface area contributed by atoms with Crippen LogP contribution in [0, 0.1) is 5.41 Å². The molecule has 1 N–H and O–H groups in total. The van der Waals surface area contributed by atoms with Crippen molar-refractivity contribution in [1.29, 1.82) is 0 Å². The molecule has 4 heteroatoms. The Bertz CT molecular complexity index is 627. The highest BCUT2D eigenvalue weighted by atomic mass is 16.5. The maximum atomic E-state index is 11.8. The molecule has 2 heterocycles. The molecule has 1 aliphatic rings. The zero-order valence-electron chi connectivity index (χ0n) is 11.0. The van der Waals surface area contributed by atoms with Gasteiger partial charge in [-0.25, -0.2) is 0 Å². The second kappa shape index (κ2) is 4.96. The number of ether oxygens (including phenoxy) is 1. The van der Waals surface area contributed by atoms with Gasteiger partial charge in [0.15, 0.2) is 0 Å². The molecule has 0 spiro atoms. The molecule has 0 fully saturated rings. The minimum absolute atomic E-state index is 0.196. The van der Waals surface area contributed by atoms with E-state index in [0.29, 0.717) is 12.8 Å². The van der Waals surface area contributed by atoms with E-state index in [9.17, 15) is 9.90 Å². The van der Waals surface area contributed by atoms with Gasteiger partial charge in [0, 0.05) is 12.4 Å². The summed E-state index contributed by atoms with van der Waals surface area (Å²) in [6, 6.07) is 11.3. The third kappa shape index (κ3) is 2.25. The summed E-state index contributed by atoms with van der Waals surface area (Å²) in [4.78, 5) is 15.8. The van der Waals surface area contributed by atoms with Gasteiger partial charge in [-0.05, 0) is 42.2 Å². The maximum absolute atomic E-state index is 11.8. The molecule has 0 radical (unpaired) electrons. The minimum atomic E-state index is -0.907. The van der Waals surface area contributed by atoms with Crippen LogP contribution in [-0.2, 0) is 17.6 Å². The predicted octanol–water partition coefficient (Wildman–Crippen LogP) is 2.33. The molecule has 4 nitrogen and oxygen atoms in total. The lowest BCUT2D eigenvalue weighted by molar-refractivity contribution is -0.151. The van der Waals surface area contributed by atoms with E-state index in [-0.39, 0.29) is 6.61 Å². The van der Waals surface area contributed by atoms with Gasteiger partial charge in [-0.2, -0.15) is 0 Å². The molecule has 1 aromatic carbocycles. The third-order valence-corrected chi connectivity index (χ3v) is 3.75. The van der Waals surface area contributed by atoms with Crippen LogP contribution in [0.4, 0.5) is 0 Å². The van der Waals surface area contributed by atoms with Gasteiger partial charge in [0.2, 0.25) is 0 Å². The molecule has 102 valence electrons. The summed E-state index contributed by atoms with van der Waals surface area (Å²) < 4.78 is 5.68. The largest absolute Gasteiger partial charge is 0.492 e.